The van der Waals surface area contributed by atoms with Crippen LogP contribution < -0.4 is 4.90 Å². The number of carboxylic acids is 1. The van der Waals surface area contributed by atoms with E-state index < -0.39 is 11.9 Å². The van der Waals surface area contributed by atoms with Crippen molar-refractivity contribution in [3.8, 4) is 0 Å². The number of aliphatic carboxylic acids is 1. The molecule has 1 aliphatic heterocycles. The zero-order chi connectivity index (χ0) is 18.7. The molecule has 1 N–H and O–H groups in total. The van der Waals surface area contributed by atoms with Crippen LogP contribution in [0.15, 0.2) is 60.7 Å². The Morgan fingerprint density at radius 1 is 1.15 bits per heavy atom. The van der Waals surface area contributed by atoms with Crippen molar-refractivity contribution in [3.05, 3.63) is 71.8 Å². The third-order valence-corrected chi connectivity index (χ3v) is 4.66. The highest BCUT2D eigenvalue weighted by atomic mass is 16.4. The van der Waals surface area contributed by atoms with Crippen LogP contribution in [0.3, 0.4) is 0 Å². The molecular formula is C21H19NO4. The number of hydrogen-bond acceptors (Lipinski definition) is 3. The van der Waals surface area contributed by atoms with Crippen molar-refractivity contribution in [3.63, 3.8) is 0 Å². The van der Waals surface area contributed by atoms with Gasteiger partial charge in [0, 0.05) is 12.5 Å². The summed E-state index contributed by atoms with van der Waals surface area (Å²) >= 11 is 0. The first-order valence-electron chi connectivity index (χ1n) is 8.40. The van der Waals surface area contributed by atoms with Crippen molar-refractivity contribution in [2.45, 2.75) is 19.3 Å². The van der Waals surface area contributed by atoms with E-state index in [-0.39, 0.29) is 24.2 Å². The summed E-state index contributed by atoms with van der Waals surface area (Å²) in [5, 5.41) is 8.74. The van der Waals surface area contributed by atoms with E-state index in [2.05, 4.69) is 0 Å². The molecule has 1 fully saturated rings. The molecule has 2 atom stereocenters. The molecule has 26 heavy (non-hydrogen) atoms. The highest BCUT2D eigenvalue weighted by Gasteiger charge is 2.42. The number of rotatable bonds is 5. The molecule has 2 unspecified atom stereocenters. The summed E-state index contributed by atoms with van der Waals surface area (Å²) < 4.78 is 0. The van der Waals surface area contributed by atoms with Crippen LogP contribution >= 0.6 is 0 Å². The van der Waals surface area contributed by atoms with Gasteiger partial charge < -0.3 is 5.11 Å². The highest BCUT2D eigenvalue weighted by molar-refractivity contribution is 6.21. The minimum atomic E-state index is -1.06. The van der Waals surface area contributed by atoms with E-state index in [0.29, 0.717) is 11.3 Å². The largest absolute Gasteiger partial charge is 0.478 e. The van der Waals surface area contributed by atoms with Crippen LogP contribution in [0.2, 0.25) is 0 Å². The normalized spacial score (nSPS) is 18.5. The third-order valence-electron chi connectivity index (χ3n) is 4.66. The molecule has 0 aromatic heterocycles. The van der Waals surface area contributed by atoms with Crippen LogP contribution in [0.4, 0.5) is 5.69 Å². The summed E-state index contributed by atoms with van der Waals surface area (Å²) in [6.07, 6.45) is 2.62. The fourth-order valence-corrected chi connectivity index (χ4v) is 3.24. The second-order valence-electron chi connectivity index (χ2n) is 6.34. The Morgan fingerprint density at radius 2 is 1.88 bits per heavy atom. The van der Waals surface area contributed by atoms with Crippen LogP contribution in [-0.2, 0) is 14.4 Å². The third kappa shape index (κ3) is 3.57. The molecule has 0 spiro atoms. The van der Waals surface area contributed by atoms with Gasteiger partial charge in [0.05, 0.1) is 11.6 Å². The van der Waals surface area contributed by atoms with Gasteiger partial charge in [-0.15, -0.1) is 0 Å². The fourth-order valence-electron chi connectivity index (χ4n) is 3.24. The van der Waals surface area contributed by atoms with Crippen molar-refractivity contribution in [1.82, 2.24) is 0 Å². The van der Waals surface area contributed by atoms with Gasteiger partial charge in [0.25, 0.3) is 0 Å². The van der Waals surface area contributed by atoms with Gasteiger partial charge in [-0.25, -0.2) is 4.79 Å². The molecule has 0 radical (unpaired) electrons. The van der Waals surface area contributed by atoms with Gasteiger partial charge in [-0.05, 0) is 35.3 Å². The maximum Gasteiger partial charge on any atom is 0.328 e. The number of benzene rings is 2. The lowest BCUT2D eigenvalue weighted by atomic mass is 9.86. The molecule has 5 nitrogen and oxygen atoms in total. The molecule has 1 saturated heterocycles. The number of amides is 2. The lowest BCUT2D eigenvalue weighted by molar-refractivity contribution is -0.131. The van der Waals surface area contributed by atoms with Crippen molar-refractivity contribution in [2.24, 2.45) is 5.92 Å². The zero-order valence-corrected chi connectivity index (χ0v) is 14.3. The number of anilines is 1. The molecule has 2 aromatic rings. The summed E-state index contributed by atoms with van der Waals surface area (Å²) in [5.41, 5.74) is 2.11. The van der Waals surface area contributed by atoms with E-state index in [1.54, 1.807) is 24.3 Å². The lowest BCUT2D eigenvalue weighted by Gasteiger charge is -2.19. The molecule has 132 valence electrons. The maximum absolute atomic E-state index is 12.9. The maximum atomic E-state index is 12.9. The molecule has 2 amide bonds. The summed E-state index contributed by atoms with van der Waals surface area (Å²) in [5.74, 6) is -1.97. The Bertz CT molecular complexity index is 873. The van der Waals surface area contributed by atoms with Gasteiger partial charge in [-0.2, -0.15) is 0 Å². The van der Waals surface area contributed by atoms with Gasteiger partial charge in [0.1, 0.15) is 0 Å². The molecule has 0 saturated carbocycles. The minimum Gasteiger partial charge on any atom is -0.478 e. The molecular weight excluding hydrogens is 330 g/mol. The predicted molar refractivity (Wildman–Crippen MR) is 98.6 cm³/mol. The molecule has 0 aliphatic carbocycles. The average molecular weight is 349 g/mol. The minimum absolute atomic E-state index is 0.0623. The molecule has 1 heterocycles. The highest BCUT2D eigenvalue weighted by Crippen LogP contribution is 2.36. The summed E-state index contributed by atoms with van der Waals surface area (Å²) in [4.78, 5) is 37.3. The Balaban J connectivity index is 1.86. The van der Waals surface area contributed by atoms with Crippen LogP contribution in [0.5, 0.6) is 0 Å². The van der Waals surface area contributed by atoms with Crippen molar-refractivity contribution in [1.29, 1.82) is 0 Å². The van der Waals surface area contributed by atoms with Gasteiger partial charge in [0.15, 0.2) is 0 Å². The SMILES string of the molecule is CC(c1ccccc1)C1CC(=O)N(c2cccc(C=CC(=O)O)c2)C1=O. The average Bonchev–Trinajstić information content (AvgIpc) is 2.94. The number of nitrogens with zero attached hydrogens (tertiary/aromatic N) is 1. The van der Waals surface area contributed by atoms with Crippen molar-refractivity contribution < 1.29 is 19.5 Å². The smallest absolute Gasteiger partial charge is 0.328 e. The van der Waals surface area contributed by atoms with Gasteiger partial charge in [-0.1, -0.05) is 49.4 Å². The van der Waals surface area contributed by atoms with Crippen molar-refractivity contribution >= 4 is 29.5 Å². The standard InChI is InChI=1S/C21H19NO4/c1-14(16-7-3-2-4-8-16)18-13-19(23)22(21(18)26)17-9-5-6-15(12-17)10-11-20(24)25/h2-12,14,18H,13H2,1H3,(H,24,25). The summed E-state index contributed by atoms with van der Waals surface area (Å²) in [7, 11) is 0. The van der Waals surface area contributed by atoms with E-state index in [9.17, 15) is 14.4 Å². The first-order valence-corrected chi connectivity index (χ1v) is 8.40. The molecule has 1 aliphatic rings. The van der Waals surface area contributed by atoms with Crippen LogP contribution in [-0.4, -0.2) is 22.9 Å². The molecule has 2 aromatic carbocycles. The quantitative estimate of drug-likeness (QED) is 0.662. The number of hydrogen-bond donors (Lipinski definition) is 1. The van der Waals surface area contributed by atoms with Crippen molar-refractivity contribution in [2.75, 3.05) is 4.90 Å². The second-order valence-corrected chi connectivity index (χ2v) is 6.34. The number of imide groups is 1. The van der Waals surface area contributed by atoms with E-state index >= 15 is 0 Å². The monoisotopic (exact) mass is 349 g/mol. The van der Waals surface area contributed by atoms with Crippen LogP contribution in [0, 0.1) is 5.92 Å². The second kappa shape index (κ2) is 7.35. The number of carboxylic acid groups (broad SMARTS) is 1. The van der Waals surface area contributed by atoms with E-state index in [0.717, 1.165) is 11.6 Å². The molecule has 3 rings (SSSR count). The first kappa shape index (κ1) is 17.6. The first-order chi connectivity index (χ1) is 12.5. The van der Waals surface area contributed by atoms with Gasteiger partial charge in [0.2, 0.25) is 11.8 Å². The molecule has 0 bridgehead atoms. The topological polar surface area (TPSA) is 74.7 Å². The Labute approximate surface area is 151 Å². The Hall–Kier alpha value is -3.21. The lowest BCUT2D eigenvalue weighted by Crippen LogP contribution is -2.31. The van der Waals surface area contributed by atoms with E-state index in [1.165, 1.54) is 11.0 Å². The van der Waals surface area contributed by atoms with E-state index in [4.69, 9.17) is 5.11 Å². The van der Waals surface area contributed by atoms with E-state index in [1.807, 2.05) is 37.3 Å². The van der Waals surface area contributed by atoms with Crippen LogP contribution in [0.1, 0.15) is 30.4 Å². The number of carbonyl (C=O) groups excluding carboxylic acids is 2. The predicted octanol–water partition coefficient (Wildman–Crippen LogP) is 3.47. The summed E-state index contributed by atoms with van der Waals surface area (Å²) in [6.45, 7) is 1.96. The van der Waals surface area contributed by atoms with Crippen LogP contribution in [0.25, 0.3) is 6.08 Å². The van der Waals surface area contributed by atoms with Gasteiger partial charge in [-0.3, -0.25) is 14.5 Å². The zero-order valence-electron chi connectivity index (χ0n) is 14.3. The Kier molecular flexibility index (Phi) is 4.98. The summed E-state index contributed by atoms with van der Waals surface area (Å²) in [6, 6.07) is 16.4. The fraction of sp³-hybridized carbons (Fsp3) is 0.190. The van der Waals surface area contributed by atoms with Gasteiger partial charge >= 0.3 is 5.97 Å². The number of carbonyl (C=O) groups is 3. The molecule has 5 heteroatoms. The Morgan fingerprint density at radius 3 is 2.58 bits per heavy atom.